The summed E-state index contributed by atoms with van der Waals surface area (Å²) in [7, 11) is -3.75. The zero-order valence-electron chi connectivity index (χ0n) is 21.3. The van der Waals surface area contributed by atoms with E-state index < -0.39 is 22.0 Å². The van der Waals surface area contributed by atoms with E-state index in [2.05, 4.69) is 5.32 Å². The van der Waals surface area contributed by atoms with E-state index in [4.69, 9.17) is 0 Å². The maximum absolute atomic E-state index is 13.7. The fourth-order valence-corrected chi connectivity index (χ4v) is 4.81. The van der Waals surface area contributed by atoms with Crippen molar-refractivity contribution in [1.29, 1.82) is 0 Å². The highest BCUT2D eigenvalue weighted by molar-refractivity contribution is 7.92. The third-order valence-electron chi connectivity index (χ3n) is 5.59. The molecule has 0 unspecified atom stereocenters. The number of benzene rings is 2. The molecular formula is C26H37N3O4S. The average Bonchev–Trinajstić information content (AvgIpc) is 2.70. The molecule has 1 N–H and O–H groups in total. The lowest BCUT2D eigenvalue weighted by molar-refractivity contribution is -0.140. The molecule has 0 aliphatic rings. The summed E-state index contributed by atoms with van der Waals surface area (Å²) in [6.07, 6.45) is 1.49. The van der Waals surface area contributed by atoms with Crippen LogP contribution in [0.2, 0.25) is 0 Å². The summed E-state index contributed by atoms with van der Waals surface area (Å²) in [6, 6.07) is 12.3. The lowest BCUT2D eigenvalue weighted by Crippen LogP contribution is -2.53. The number of carbonyl (C=O) groups excluding carboxylic acids is 2. The molecule has 0 radical (unpaired) electrons. The molecule has 186 valence electrons. The Hall–Kier alpha value is -2.87. The van der Waals surface area contributed by atoms with Crippen LogP contribution in [0.25, 0.3) is 0 Å². The molecule has 1 atom stereocenters. The van der Waals surface area contributed by atoms with Crippen molar-refractivity contribution in [2.45, 2.75) is 66.6 Å². The van der Waals surface area contributed by atoms with Gasteiger partial charge in [-0.2, -0.15) is 0 Å². The fraction of sp³-hybridized carbons (Fsp3) is 0.462. The van der Waals surface area contributed by atoms with Crippen LogP contribution in [0.5, 0.6) is 0 Å². The largest absolute Gasteiger partial charge is 0.352 e. The van der Waals surface area contributed by atoms with E-state index in [9.17, 15) is 18.0 Å². The van der Waals surface area contributed by atoms with Gasteiger partial charge in [-0.3, -0.25) is 13.9 Å². The lowest BCUT2D eigenvalue weighted by atomic mass is 10.1. The second-order valence-corrected chi connectivity index (χ2v) is 11.1. The molecule has 7 nitrogen and oxygen atoms in total. The van der Waals surface area contributed by atoms with Gasteiger partial charge in [0.2, 0.25) is 21.8 Å². The van der Waals surface area contributed by atoms with Gasteiger partial charge in [0.05, 0.1) is 11.9 Å². The predicted octanol–water partition coefficient (Wildman–Crippen LogP) is 3.71. The molecule has 2 aromatic rings. The van der Waals surface area contributed by atoms with Crippen LogP contribution in [0.1, 0.15) is 49.4 Å². The van der Waals surface area contributed by atoms with Gasteiger partial charge < -0.3 is 10.2 Å². The van der Waals surface area contributed by atoms with Crippen LogP contribution in [-0.4, -0.2) is 50.0 Å². The fourth-order valence-electron chi connectivity index (χ4n) is 3.98. The van der Waals surface area contributed by atoms with Crippen LogP contribution in [0.3, 0.4) is 0 Å². The first-order chi connectivity index (χ1) is 15.8. The number of aryl methyl sites for hydroxylation is 3. The Morgan fingerprint density at radius 2 is 1.59 bits per heavy atom. The topological polar surface area (TPSA) is 86.8 Å². The van der Waals surface area contributed by atoms with Crippen molar-refractivity contribution in [2.24, 2.45) is 0 Å². The van der Waals surface area contributed by atoms with Crippen LogP contribution in [0.15, 0.2) is 42.5 Å². The van der Waals surface area contributed by atoms with Crippen LogP contribution < -0.4 is 9.62 Å². The zero-order valence-corrected chi connectivity index (χ0v) is 22.1. The third-order valence-corrected chi connectivity index (χ3v) is 6.73. The van der Waals surface area contributed by atoms with Crippen LogP contribution in [0, 0.1) is 20.8 Å². The molecule has 34 heavy (non-hydrogen) atoms. The molecule has 2 amide bonds. The highest BCUT2D eigenvalue weighted by Gasteiger charge is 2.32. The smallest absolute Gasteiger partial charge is 0.244 e. The van der Waals surface area contributed by atoms with E-state index in [1.165, 1.54) is 4.90 Å². The van der Waals surface area contributed by atoms with Crippen molar-refractivity contribution >= 4 is 27.5 Å². The molecule has 2 rings (SSSR count). The third kappa shape index (κ3) is 7.32. The molecule has 0 saturated carbocycles. The molecule has 2 aromatic carbocycles. The number of rotatable bonds is 10. The number of sulfonamides is 1. The summed E-state index contributed by atoms with van der Waals surface area (Å²) in [5.41, 5.74) is 4.13. The minimum atomic E-state index is -3.75. The van der Waals surface area contributed by atoms with Crippen molar-refractivity contribution in [3.05, 3.63) is 64.7 Å². The lowest BCUT2D eigenvalue weighted by Gasteiger charge is -2.33. The van der Waals surface area contributed by atoms with Gasteiger partial charge in [0.1, 0.15) is 12.6 Å². The van der Waals surface area contributed by atoms with E-state index in [1.807, 2.05) is 71.9 Å². The number of nitrogens with zero attached hydrogens (tertiary/aromatic N) is 2. The number of amides is 2. The average molecular weight is 488 g/mol. The first-order valence-electron chi connectivity index (χ1n) is 11.5. The normalized spacial score (nSPS) is 12.4. The number of carbonyl (C=O) groups is 2. The first-order valence-corrected chi connectivity index (χ1v) is 13.4. The second kappa shape index (κ2) is 11.5. The standard InChI is InChI=1S/C26H37N3O4S/c1-8-24(26(31)27-18(2)3)28(16-22-12-10-9-11-21(22)6)25(30)17-29(34(7,32)33)23-14-19(4)13-20(5)15-23/h9-15,18,24H,8,16-17H2,1-7H3,(H,27,31)/t24-/m0/s1. The van der Waals surface area contributed by atoms with Gasteiger partial charge in [0.15, 0.2) is 0 Å². The Labute approximate surface area is 204 Å². The van der Waals surface area contributed by atoms with Crippen molar-refractivity contribution < 1.29 is 18.0 Å². The second-order valence-electron chi connectivity index (χ2n) is 9.15. The summed E-state index contributed by atoms with van der Waals surface area (Å²) in [5, 5.41) is 2.90. The van der Waals surface area contributed by atoms with Crippen molar-refractivity contribution in [1.82, 2.24) is 10.2 Å². The Balaban J connectivity index is 2.49. The van der Waals surface area contributed by atoms with Crippen molar-refractivity contribution in [2.75, 3.05) is 17.1 Å². The summed E-state index contributed by atoms with van der Waals surface area (Å²) in [6.45, 7) is 11.1. The molecule has 0 bridgehead atoms. The monoisotopic (exact) mass is 487 g/mol. The quantitative estimate of drug-likeness (QED) is 0.554. The number of anilines is 1. The number of nitrogens with one attached hydrogen (secondary N) is 1. The Morgan fingerprint density at radius 3 is 2.09 bits per heavy atom. The van der Waals surface area contributed by atoms with Gasteiger partial charge in [-0.25, -0.2) is 8.42 Å². The highest BCUT2D eigenvalue weighted by Crippen LogP contribution is 2.23. The maximum Gasteiger partial charge on any atom is 0.244 e. The van der Waals surface area contributed by atoms with E-state index in [1.54, 1.807) is 12.1 Å². The number of hydrogen-bond acceptors (Lipinski definition) is 4. The van der Waals surface area contributed by atoms with E-state index >= 15 is 0 Å². The minimum Gasteiger partial charge on any atom is -0.352 e. The molecule has 0 aliphatic carbocycles. The Bertz CT molecular complexity index is 1110. The van der Waals surface area contributed by atoms with Crippen LogP contribution >= 0.6 is 0 Å². The van der Waals surface area contributed by atoms with Gasteiger partial charge in [0.25, 0.3) is 0 Å². The molecule has 0 spiro atoms. The summed E-state index contributed by atoms with van der Waals surface area (Å²) >= 11 is 0. The Kier molecular flexibility index (Phi) is 9.27. The van der Waals surface area contributed by atoms with Gasteiger partial charge >= 0.3 is 0 Å². The van der Waals surface area contributed by atoms with Gasteiger partial charge in [-0.1, -0.05) is 37.3 Å². The van der Waals surface area contributed by atoms with Crippen LogP contribution in [-0.2, 0) is 26.2 Å². The summed E-state index contributed by atoms with van der Waals surface area (Å²) in [5.74, 6) is -0.685. The van der Waals surface area contributed by atoms with Crippen molar-refractivity contribution in [3.8, 4) is 0 Å². The molecule has 0 fully saturated rings. The molecule has 0 saturated heterocycles. The van der Waals surface area contributed by atoms with Gasteiger partial charge in [0, 0.05) is 12.6 Å². The van der Waals surface area contributed by atoms with Crippen LogP contribution in [0.4, 0.5) is 5.69 Å². The zero-order chi connectivity index (χ0) is 25.6. The van der Waals surface area contributed by atoms with Gasteiger partial charge in [-0.05, 0) is 75.4 Å². The minimum absolute atomic E-state index is 0.0836. The SMILES string of the molecule is CC[C@@H](C(=O)NC(C)C)N(Cc1ccccc1C)C(=O)CN(c1cc(C)cc(C)c1)S(C)(=O)=O. The highest BCUT2D eigenvalue weighted by atomic mass is 32.2. The molecule has 8 heteroatoms. The van der Waals surface area contributed by atoms with E-state index in [-0.39, 0.29) is 25.0 Å². The molecule has 0 heterocycles. The van der Waals surface area contributed by atoms with Crippen molar-refractivity contribution in [3.63, 3.8) is 0 Å². The number of hydrogen-bond donors (Lipinski definition) is 1. The molecular weight excluding hydrogens is 450 g/mol. The first kappa shape index (κ1) is 27.4. The predicted molar refractivity (Wildman–Crippen MR) is 137 cm³/mol. The summed E-state index contributed by atoms with van der Waals surface area (Å²) < 4.78 is 26.6. The Morgan fingerprint density at radius 1 is 1.00 bits per heavy atom. The maximum atomic E-state index is 13.7. The van der Waals surface area contributed by atoms with E-state index in [0.29, 0.717) is 12.1 Å². The van der Waals surface area contributed by atoms with E-state index in [0.717, 1.165) is 32.8 Å². The summed E-state index contributed by atoms with van der Waals surface area (Å²) in [4.78, 5) is 28.2. The van der Waals surface area contributed by atoms with Gasteiger partial charge in [-0.15, -0.1) is 0 Å². The molecule has 0 aromatic heterocycles. The molecule has 0 aliphatic heterocycles.